The molecule has 14 heteroatoms. The van der Waals surface area contributed by atoms with Gasteiger partial charge in [0.25, 0.3) is 0 Å². The highest BCUT2D eigenvalue weighted by Crippen LogP contribution is 2.49. The van der Waals surface area contributed by atoms with Crippen molar-refractivity contribution in [1.82, 2.24) is 37.4 Å². The quantitative estimate of drug-likeness (QED) is 0.0464. The highest BCUT2D eigenvalue weighted by atomic mass is 32.1. The summed E-state index contributed by atoms with van der Waals surface area (Å²) in [5.74, 6) is 4.42. The number of imidazole rings is 2. The highest BCUT2D eigenvalue weighted by molar-refractivity contribution is 7.17. The summed E-state index contributed by atoms with van der Waals surface area (Å²) < 4.78 is 20.4. The first kappa shape index (κ1) is 58.8. The Balaban J connectivity index is 1.01. The van der Waals surface area contributed by atoms with E-state index in [1.165, 1.54) is 165 Å². The van der Waals surface area contributed by atoms with Crippen molar-refractivity contribution < 1.29 is 0 Å². The molecule has 0 aliphatic heterocycles. The number of aromatic amines is 2. The smallest absolute Gasteiger partial charge is 0.138 e. The third-order valence-electron chi connectivity index (χ3n) is 17.5. The number of H-pyrrole nitrogens is 2. The maximum Gasteiger partial charge on any atom is 0.138 e. The van der Waals surface area contributed by atoms with E-state index < -0.39 is 0 Å². The van der Waals surface area contributed by atoms with E-state index in [-0.39, 0.29) is 0 Å². The number of hydrogen-bond donors (Lipinski definition) is 2. The first-order chi connectivity index (χ1) is 40.3. The zero-order valence-electron chi connectivity index (χ0n) is 49.5. The molecule has 0 bridgehead atoms. The van der Waals surface area contributed by atoms with Crippen LogP contribution in [-0.4, -0.2) is 37.4 Å². The van der Waals surface area contributed by atoms with E-state index in [0.717, 1.165) is 115 Å². The Morgan fingerprint density at radius 3 is 0.902 bits per heavy atom. The molecular formula is C68H82N8S6. The Bertz CT molecular complexity index is 3370. The van der Waals surface area contributed by atoms with Crippen molar-refractivity contribution in [2.45, 2.75) is 184 Å². The van der Waals surface area contributed by atoms with Gasteiger partial charge in [0.05, 0.1) is 34.5 Å². The lowest BCUT2D eigenvalue weighted by Gasteiger charge is -2.13. The van der Waals surface area contributed by atoms with E-state index in [2.05, 4.69) is 138 Å². The maximum absolute atomic E-state index is 5.60. The number of nitrogens with zero attached hydrogens (tertiary/aromatic N) is 6. The zero-order chi connectivity index (χ0) is 56.7. The molecule has 0 radical (unpaired) electrons. The average Bonchev–Trinajstić information content (AvgIpc) is 2.87. The number of benzene rings is 3. The van der Waals surface area contributed by atoms with E-state index in [9.17, 15) is 0 Å². The highest BCUT2D eigenvalue weighted by Gasteiger charge is 2.28. The SMILES string of the molecule is CCCCC(CC)Cc1ccc(-c2c3nsnc3c(-c3ccc(CC(CC)CCCC)s3)c3[nH]c(-c4ccc(-c5nc6c(-c7ccc(CC(CC)CCCC)s7)c7nsnc7c(-c7ccc(CC(CC)CCCC)s7)c6[nH]5)cc4)nc23)s1. The van der Waals surface area contributed by atoms with Gasteiger partial charge in [0.1, 0.15) is 44.7 Å². The molecule has 4 atom stereocenters. The number of rotatable bonds is 30. The van der Waals surface area contributed by atoms with Gasteiger partial charge in [-0.2, -0.15) is 17.5 Å². The van der Waals surface area contributed by atoms with Crippen molar-refractivity contribution >= 4 is 113 Å². The van der Waals surface area contributed by atoms with Crippen LogP contribution in [0.15, 0.2) is 72.8 Å². The molecule has 8 heterocycles. The summed E-state index contributed by atoms with van der Waals surface area (Å²) in [6, 6.07) is 27.5. The predicted octanol–water partition coefficient (Wildman–Crippen LogP) is 22.7. The minimum absolute atomic E-state index is 0.687. The van der Waals surface area contributed by atoms with Crippen molar-refractivity contribution in [3.63, 3.8) is 0 Å². The van der Waals surface area contributed by atoms with Crippen LogP contribution >= 0.6 is 68.8 Å². The molecule has 4 unspecified atom stereocenters. The lowest BCUT2D eigenvalue weighted by atomic mass is 9.95. The molecule has 430 valence electrons. The zero-order valence-corrected chi connectivity index (χ0v) is 54.4. The summed E-state index contributed by atoms with van der Waals surface area (Å²) in [5, 5.41) is 0. The van der Waals surface area contributed by atoms with Gasteiger partial charge >= 0.3 is 0 Å². The summed E-state index contributed by atoms with van der Waals surface area (Å²) in [6.45, 7) is 18.6. The molecule has 0 saturated heterocycles. The van der Waals surface area contributed by atoms with E-state index in [4.69, 9.17) is 27.5 Å². The van der Waals surface area contributed by atoms with Gasteiger partial charge in [-0.1, -0.05) is 182 Å². The normalized spacial score (nSPS) is 13.7. The van der Waals surface area contributed by atoms with E-state index in [1.807, 2.05) is 45.3 Å². The van der Waals surface area contributed by atoms with Crippen LogP contribution in [0.5, 0.6) is 0 Å². The Hall–Kier alpha value is -4.96. The molecule has 8 aromatic heterocycles. The molecule has 82 heavy (non-hydrogen) atoms. The van der Waals surface area contributed by atoms with Crippen LogP contribution < -0.4 is 0 Å². The molecule has 0 amide bonds. The van der Waals surface area contributed by atoms with Crippen molar-refractivity contribution in [1.29, 1.82) is 0 Å². The number of unbranched alkanes of at least 4 members (excludes halogenated alkanes) is 4. The van der Waals surface area contributed by atoms with Crippen molar-refractivity contribution in [3.05, 3.63) is 92.3 Å². The van der Waals surface area contributed by atoms with Crippen LogP contribution in [0.1, 0.15) is 178 Å². The predicted molar refractivity (Wildman–Crippen MR) is 360 cm³/mol. The van der Waals surface area contributed by atoms with Crippen LogP contribution in [0.3, 0.4) is 0 Å². The number of nitrogens with one attached hydrogen (secondary N) is 2. The van der Waals surface area contributed by atoms with Crippen molar-refractivity contribution in [2.75, 3.05) is 0 Å². The second-order valence-corrected chi connectivity index (χ2v) is 28.9. The summed E-state index contributed by atoms with van der Waals surface area (Å²) >= 11 is 10.3. The Morgan fingerprint density at radius 2 is 0.622 bits per heavy atom. The molecule has 3 aromatic carbocycles. The van der Waals surface area contributed by atoms with Crippen LogP contribution in [0.4, 0.5) is 0 Å². The fraction of sp³-hybridized carbons (Fsp3) is 0.471. The van der Waals surface area contributed by atoms with Gasteiger partial charge < -0.3 is 9.97 Å². The Labute approximate surface area is 510 Å². The van der Waals surface area contributed by atoms with Gasteiger partial charge in [-0.25, -0.2) is 9.97 Å². The fourth-order valence-electron chi connectivity index (χ4n) is 12.4. The lowest BCUT2D eigenvalue weighted by molar-refractivity contribution is 0.452. The van der Waals surface area contributed by atoms with E-state index in [1.54, 1.807) is 0 Å². The molecule has 11 rings (SSSR count). The molecule has 0 saturated carbocycles. The second-order valence-electron chi connectivity index (χ2n) is 23.2. The van der Waals surface area contributed by atoms with Gasteiger partial charge in [-0.05, 0) is 97.9 Å². The maximum atomic E-state index is 5.60. The number of thiophene rings is 4. The fourth-order valence-corrected chi connectivity index (χ4v) is 18.2. The minimum Gasteiger partial charge on any atom is -0.337 e. The minimum atomic E-state index is 0.687. The van der Waals surface area contributed by atoms with Gasteiger partial charge in [0.2, 0.25) is 0 Å². The van der Waals surface area contributed by atoms with Crippen LogP contribution in [0, 0.1) is 23.7 Å². The summed E-state index contributed by atoms with van der Waals surface area (Å²) in [5.41, 5.74) is 14.1. The first-order valence-electron chi connectivity index (χ1n) is 31.1. The van der Waals surface area contributed by atoms with Crippen LogP contribution in [0.25, 0.3) is 109 Å². The van der Waals surface area contributed by atoms with Gasteiger partial charge in [-0.15, -0.1) is 45.3 Å². The molecular weight excluding hydrogens is 1120 g/mol. The van der Waals surface area contributed by atoms with Crippen molar-refractivity contribution in [2.24, 2.45) is 23.7 Å². The van der Waals surface area contributed by atoms with Gasteiger partial charge in [-0.3, -0.25) is 0 Å². The first-order valence-corrected chi connectivity index (χ1v) is 35.8. The van der Waals surface area contributed by atoms with E-state index in [0.29, 0.717) is 23.7 Å². The topological polar surface area (TPSA) is 109 Å². The lowest BCUT2D eigenvalue weighted by Crippen LogP contribution is -2.01. The second kappa shape index (κ2) is 27.4. The average molecular weight is 1200 g/mol. The molecule has 8 nitrogen and oxygen atoms in total. The molecule has 0 spiro atoms. The Morgan fingerprint density at radius 1 is 0.341 bits per heavy atom. The largest absolute Gasteiger partial charge is 0.337 e. The molecule has 0 aliphatic rings. The molecule has 0 fully saturated rings. The van der Waals surface area contributed by atoms with Gasteiger partial charge in [0, 0.05) is 72.4 Å². The molecule has 0 aliphatic carbocycles. The number of aromatic nitrogens is 8. The standard InChI is InChI=1S/C68H82N8S6/c1-9-17-21-41(13-5)37-47-29-33-51(77-47)55-59-60(56(64-63(55)73-81-74-64)52-34-30-48(78-52)38-42(14-6)22-18-10-2)70-67(69-59)45-25-27-46(28-26-45)68-71-61-57(53-35-31-49(79-53)39-43(15-7)23-19-11-3)65-66(76-82-75-65)58(62(61)72-68)54-36-32-50(80-54)40-44(16-8)24-20-12-4/h25-36,41-44H,9-24,37-40H2,1-8H3,(H,69,70)(H,71,72). The summed E-state index contributed by atoms with van der Waals surface area (Å²) in [7, 11) is 0. The monoisotopic (exact) mass is 1200 g/mol. The van der Waals surface area contributed by atoms with Gasteiger partial charge in [0.15, 0.2) is 0 Å². The van der Waals surface area contributed by atoms with E-state index >= 15 is 0 Å². The molecule has 11 aromatic rings. The third kappa shape index (κ3) is 12.6. The molecule has 2 N–H and O–H groups in total. The Kier molecular flexibility index (Phi) is 19.6. The van der Waals surface area contributed by atoms with Crippen molar-refractivity contribution in [3.8, 4) is 64.5 Å². The summed E-state index contributed by atoms with van der Waals surface area (Å²) in [6.07, 6.45) is 24.4. The number of hydrogen-bond acceptors (Lipinski definition) is 12. The summed E-state index contributed by atoms with van der Waals surface area (Å²) in [4.78, 5) is 29.6. The third-order valence-corrected chi connectivity index (χ3v) is 23.1. The van der Waals surface area contributed by atoms with Crippen LogP contribution in [-0.2, 0) is 25.7 Å². The number of fused-ring (bicyclic) bond motifs is 4. The van der Waals surface area contributed by atoms with Crippen LogP contribution in [0.2, 0.25) is 0 Å².